The van der Waals surface area contributed by atoms with Crippen LogP contribution >= 0.6 is 0 Å². The van der Waals surface area contributed by atoms with Crippen molar-refractivity contribution in [2.45, 2.75) is 13.0 Å². The molecule has 1 aromatic heterocycles. The second kappa shape index (κ2) is 7.95. The number of fused-ring (bicyclic) bond motifs is 2. The second-order valence-electron chi connectivity index (χ2n) is 8.15. The van der Waals surface area contributed by atoms with Crippen LogP contribution in [0, 0.1) is 6.92 Å². The SMILES string of the molecule is Cc1c(C2c3ccccc3C(=O)N2CC(=O)NCCN(C)C)c2ccccc2n1C. The molecule has 0 bridgehead atoms. The summed E-state index contributed by atoms with van der Waals surface area (Å²) >= 11 is 0. The Morgan fingerprint density at radius 3 is 2.57 bits per heavy atom. The fourth-order valence-electron chi connectivity index (χ4n) is 4.37. The highest BCUT2D eigenvalue weighted by atomic mass is 16.2. The molecule has 1 aliphatic heterocycles. The molecule has 0 aliphatic carbocycles. The van der Waals surface area contributed by atoms with Crippen molar-refractivity contribution >= 4 is 22.7 Å². The number of nitrogens with zero attached hydrogens (tertiary/aromatic N) is 3. The lowest BCUT2D eigenvalue weighted by atomic mass is 9.95. The summed E-state index contributed by atoms with van der Waals surface area (Å²) in [5.41, 5.74) is 4.95. The van der Waals surface area contributed by atoms with Crippen molar-refractivity contribution in [1.29, 1.82) is 0 Å². The fraction of sp³-hybridized carbons (Fsp3) is 0.333. The number of para-hydroxylation sites is 1. The van der Waals surface area contributed by atoms with Gasteiger partial charge in [-0.05, 0) is 38.7 Å². The van der Waals surface area contributed by atoms with Crippen molar-refractivity contribution in [2.24, 2.45) is 7.05 Å². The number of nitrogens with one attached hydrogen (secondary N) is 1. The molecule has 1 N–H and O–H groups in total. The van der Waals surface area contributed by atoms with Crippen LogP contribution in [0.5, 0.6) is 0 Å². The number of aryl methyl sites for hydroxylation is 1. The maximum absolute atomic E-state index is 13.3. The Bertz CT molecular complexity index is 1120. The third-order valence-electron chi connectivity index (χ3n) is 5.98. The van der Waals surface area contributed by atoms with Gasteiger partial charge in [0, 0.05) is 47.9 Å². The molecule has 2 heterocycles. The summed E-state index contributed by atoms with van der Waals surface area (Å²) < 4.78 is 2.16. The Kier molecular flexibility index (Phi) is 5.35. The van der Waals surface area contributed by atoms with Crippen molar-refractivity contribution in [3.05, 3.63) is 70.9 Å². The molecule has 0 saturated carbocycles. The number of hydrogen-bond donors (Lipinski definition) is 1. The number of likely N-dealkylation sites (N-methyl/N-ethyl adjacent to an activating group) is 1. The molecular formula is C24H28N4O2. The van der Waals surface area contributed by atoms with E-state index in [1.165, 1.54) is 0 Å². The molecule has 1 atom stereocenters. The molecule has 4 rings (SSSR count). The van der Waals surface area contributed by atoms with E-state index in [4.69, 9.17) is 0 Å². The number of benzene rings is 2. The molecule has 0 radical (unpaired) electrons. The van der Waals surface area contributed by atoms with Gasteiger partial charge in [0.25, 0.3) is 5.91 Å². The van der Waals surface area contributed by atoms with Crippen LogP contribution in [0.1, 0.15) is 33.2 Å². The summed E-state index contributed by atoms with van der Waals surface area (Å²) in [5.74, 6) is -0.230. The number of hydrogen-bond acceptors (Lipinski definition) is 3. The molecule has 3 aromatic rings. The molecule has 6 heteroatoms. The van der Waals surface area contributed by atoms with E-state index < -0.39 is 0 Å². The first-order valence-corrected chi connectivity index (χ1v) is 10.3. The molecule has 30 heavy (non-hydrogen) atoms. The van der Waals surface area contributed by atoms with E-state index in [0.29, 0.717) is 12.1 Å². The maximum Gasteiger partial charge on any atom is 0.255 e. The topological polar surface area (TPSA) is 57.6 Å². The number of carbonyl (C=O) groups is 2. The van der Waals surface area contributed by atoms with Crippen LogP contribution in [0.2, 0.25) is 0 Å². The first-order valence-electron chi connectivity index (χ1n) is 10.3. The highest BCUT2D eigenvalue weighted by molar-refractivity contribution is 6.02. The molecule has 1 unspecified atom stereocenters. The fourth-order valence-corrected chi connectivity index (χ4v) is 4.37. The molecule has 0 spiro atoms. The van der Waals surface area contributed by atoms with E-state index in [9.17, 15) is 9.59 Å². The Balaban J connectivity index is 1.75. The normalized spacial score (nSPS) is 15.8. The van der Waals surface area contributed by atoms with Gasteiger partial charge in [0.15, 0.2) is 0 Å². The van der Waals surface area contributed by atoms with Crippen LogP contribution in [0.3, 0.4) is 0 Å². The van der Waals surface area contributed by atoms with Gasteiger partial charge in [-0.25, -0.2) is 0 Å². The minimum Gasteiger partial charge on any atom is -0.353 e. The second-order valence-corrected chi connectivity index (χ2v) is 8.15. The third-order valence-corrected chi connectivity index (χ3v) is 5.98. The van der Waals surface area contributed by atoms with Gasteiger partial charge in [-0.15, -0.1) is 0 Å². The van der Waals surface area contributed by atoms with Crippen molar-refractivity contribution in [1.82, 2.24) is 19.7 Å². The monoisotopic (exact) mass is 404 g/mol. The summed E-state index contributed by atoms with van der Waals surface area (Å²) in [5, 5.41) is 4.05. The third kappa shape index (κ3) is 3.37. The van der Waals surface area contributed by atoms with Crippen molar-refractivity contribution < 1.29 is 9.59 Å². The summed E-state index contributed by atoms with van der Waals surface area (Å²) in [7, 11) is 5.97. The highest BCUT2D eigenvalue weighted by Gasteiger charge is 2.40. The van der Waals surface area contributed by atoms with Crippen LogP contribution in [-0.2, 0) is 11.8 Å². The Morgan fingerprint density at radius 2 is 1.80 bits per heavy atom. The zero-order valence-electron chi connectivity index (χ0n) is 18.0. The first-order chi connectivity index (χ1) is 14.4. The van der Waals surface area contributed by atoms with E-state index in [0.717, 1.165) is 34.3 Å². The Hall–Kier alpha value is -3.12. The van der Waals surface area contributed by atoms with Crippen LogP contribution in [0.15, 0.2) is 48.5 Å². The van der Waals surface area contributed by atoms with Gasteiger partial charge >= 0.3 is 0 Å². The molecule has 156 valence electrons. The summed E-state index contributed by atoms with van der Waals surface area (Å²) in [6.45, 7) is 3.43. The quantitative estimate of drug-likeness (QED) is 0.687. The minimum atomic E-state index is -0.278. The Morgan fingerprint density at radius 1 is 1.10 bits per heavy atom. The van der Waals surface area contributed by atoms with Gasteiger partial charge in [-0.3, -0.25) is 9.59 Å². The van der Waals surface area contributed by atoms with Crippen molar-refractivity contribution in [3.8, 4) is 0 Å². The summed E-state index contributed by atoms with van der Waals surface area (Å²) in [6, 6.07) is 15.6. The summed E-state index contributed by atoms with van der Waals surface area (Å²) in [4.78, 5) is 29.7. The van der Waals surface area contributed by atoms with E-state index in [1.54, 1.807) is 4.90 Å². The van der Waals surface area contributed by atoms with Crippen LogP contribution in [0.25, 0.3) is 10.9 Å². The zero-order valence-corrected chi connectivity index (χ0v) is 18.0. The molecule has 6 nitrogen and oxygen atoms in total. The van der Waals surface area contributed by atoms with Gasteiger partial charge in [0.2, 0.25) is 5.91 Å². The van der Waals surface area contributed by atoms with Crippen molar-refractivity contribution in [2.75, 3.05) is 33.7 Å². The van der Waals surface area contributed by atoms with E-state index in [-0.39, 0.29) is 24.4 Å². The number of carbonyl (C=O) groups excluding carboxylic acids is 2. The molecule has 2 amide bonds. The lowest BCUT2D eigenvalue weighted by Crippen LogP contribution is -2.41. The van der Waals surface area contributed by atoms with Gasteiger partial charge in [-0.1, -0.05) is 36.4 Å². The van der Waals surface area contributed by atoms with Gasteiger partial charge < -0.3 is 19.7 Å². The number of rotatable bonds is 6. The average molecular weight is 405 g/mol. The van der Waals surface area contributed by atoms with Crippen LogP contribution in [0.4, 0.5) is 0 Å². The molecule has 0 saturated heterocycles. The molecule has 0 fully saturated rings. The van der Waals surface area contributed by atoms with Crippen molar-refractivity contribution in [3.63, 3.8) is 0 Å². The number of amides is 2. The van der Waals surface area contributed by atoms with E-state index >= 15 is 0 Å². The first kappa shape index (κ1) is 20.2. The highest BCUT2D eigenvalue weighted by Crippen LogP contribution is 2.43. The molecule has 2 aromatic carbocycles. The minimum absolute atomic E-state index is 0.0360. The van der Waals surface area contributed by atoms with E-state index in [2.05, 4.69) is 28.9 Å². The standard InChI is InChI=1S/C24H28N4O2/c1-16-22(19-11-7-8-12-20(19)27(16)4)23-17-9-5-6-10-18(17)24(30)28(23)15-21(29)25-13-14-26(2)3/h5-12,23H,13-15H2,1-4H3,(H,25,29). The van der Waals surface area contributed by atoms with Gasteiger partial charge in [0.05, 0.1) is 6.04 Å². The molecular weight excluding hydrogens is 376 g/mol. The zero-order chi connectivity index (χ0) is 21.4. The van der Waals surface area contributed by atoms with Crippen LogP contribution in [-0.4, -0.2) is 59.9 Å². The smallest absolute Gasteiger partial charge is 0.255 e. The number of aromatic nitrogens is 1. The van der Waals surface area contributed by atoms with Crippen LogP contribution < -0.4 is 5.32 Å². The predicted molar refractivity (Wildman–Crippen MR) is 119 cm³/mol. The largest absolute Gasteiger partial charge is 0.353 e. The van der Waals surface area contributed by atoms with Gasteiger partial charge in [-0.2, -0.15) is 0 Å². The van der Waals surface area contributed by atoms with Gasteiger partial charge in [0.1, 0.15) is 6.54 Å². The molecule has 1 aliphatic rings. The Labute approximate surface area is 177 Å². The van der Waals surface area contributed by atoms with E-state index in [1.807, 2.05) is 62.4 Å². The predicted octanol–water partition coefficient (Wildman–Crippen LogP) is 2.71. The maximum atomic E-state index is 13.3. The average Bonchev–Trinajstić information content (AvgIpc) is 3.13. The summed E-state index contributed by atoms with van der Waals surface area (Å²) in [6.07, 6.45) is 0. The lowest BCUT2D eigenvalue weighted by molar-refractivity contribution is -0.122. The lowest BCUT2D eigenvalue weighted by Gasteiger charge is -2.26.